The molecule has 7 N–H and O–H groups in total. The zero-order chi connectivity index (χ0) is 59.4. The topological polar surface area (TPSA) is 288 Å². The van der Waals surface area contributed by atoms with E-state index < -0.39 is 77.2 Å². The van der Waals surface area contributed by atoms with Crippen LogP contribution in [0.3, 0.4) is 0 Å². The lowest BCUT2D eigenvalue weighted by Gasteiger charge is -2.28. The number of nitrogens with one attached hydrogen (secondary N) is 6. The number of ketones is 2. The molecule has 0 saturated carbocycles. The average Bonchev–Trinajstić information content (AvgIpc) is 4.01. The summed E-state index contributed by atoms with van der Waals surface area (Å²) in [5.74, 6) is -3.32. The summed E-state index contributed by atoms with van der Waals surface area (Å²) in [6, 6.07) is 3.92. The minimum absolute atomic E-state index is 0.00599. The Bertz CT molecular complexity index is 2780. The van der Waals surface area contributed by atoms with Crippen molar-refractivity contribution < 1.29 is 67.1 Å². The monoisotopic (exact) mass is 1150 g/mol. The van der Waals surface area contributed by atoms with Gasteiger partial charge in [0.25, 0.3) is 0 Å². The minimum Gasteiger partial charge on any atom is -0.508 e. The van der Waals surface area contributed by atoms with Crippen LogP contribution >= 0.6 is 0 Å². The number of nitrogens with zero attached hydrogens (tertiary/aromatic N) is 2. The molecule has 2 aromatic carbocycles. The van der Waals surface area contributed by atoms with Gasteiger partial charge in [0.15, 0.2) is 11.6 Å². The van der Waals surface area contributed by atoms with E-state index in [9.17, 15) is 43.5 Å². The van der Waals surface area contributed by atoms with E-state index in [0.29, 0.717) is 94.3 Å². The van der Waals surface area contributed by atoms with Crippen LogP contribution in [-0.2, 0) is 70.1 Å². The zero-order valence-electron chi connectivity index (χ0n) is 48.9. The Balaban J connectivity index is 0.977. The fourth-order valence-corrected chi connectivity index (χ4v) is 10.8. The number of rotatable bonds is 28. The number of carbonyl (C=O) groups excluding carboxylic acids is 8. The Morgan fingerprint density at radius 3 is 1.57 bits per heavy atom. The van der Waals surface area contributed by atoms with Gasteiger partial charge in [-0.05, 0) is 133 Å². The first-order valence-electron chi connectivity index (χ1n) is 29.3. The standard InChI is InChI=1S/C61H84N8O14/c1-37-15-17-42(30-49(37)70)28-47(66-56(75)39(3)62-52(71)33-68-19-23-79-24-20-68)59(78)65-46(55(74)61(6)36-82-61)32-44-13-10-14-50(44)83-51-31-43(18-16-38(51)2)29-48(67-57(76)40(4)63-53(72)34-69-21-25-80-26-22-69)58(77)64-45(54(73)60(5)35-81-60)27-41-11-8-7-9-12-41/h11,13,15-18,30-31,39-40,45-48,50,70H,7-10,12,14,19-29,32-36H2,1-6H3,(H,62,71)(H,63,72)(H,64,77)(H,65,78)(H,66,75)(H,67,76). The highest BCUT2D eigenvalue weighted by atomic mass is 16.6. The number of phenolic OH excluding ortho intramolecular Hbond substituents is 1. The molecular formula is C61H84N8O14. The van der Waals surface area contributed by atoms with E-state index in [2.05, 4.69) is 38.0 Å². The molecule has 452 valence electrons. The van der Waals surface area contributed by atoms with Crippen molar-refractivity contribution in [2.75, 3.05) is 78.9 Å². The Morgan fingerprint density at radius 1 is 0.602 bits per heavy atom. The van der Waals surface area contributed by atoms with E-state index in [1.807, 2.05) is 34.9 Å². The first kappa shape index (κ1) is 62.5. The first-order valence-corrected chi connectivity index (χ1v) is 29.3. The smallest absolute Gasteiger partial charge is 0.243 e. The maximum absolute atomic E-state index is 14.6. The highest BCUT2D eigenvalue weighted by Crippen LogP contribution is 2.35. The number of amides is 6. The molecule has 0 radical (unpaired) electrons. The summed E-state index contributed by atoms with van der Waals surface area (Å²) in [5, 5.41) is 27.7. The molecule has 4 heterocycles. The molecular weight excluding hydrogens is 1070 g/mol. The summed E-state index contributed by atoms with van der Waals surface area (Å²) < 4.78 is 28.7. The van der Waals surface area contributed by atoms with Crippen molar-refractivity contribution in [3.05, 3.63) is 82.0 Å². The molecule has 22 heteroatoms. The van der Waals surface area contributed by atoms with E-state index in [4.69, 9.17) is 23.7 Å². The molecule has 2 aliphatic carbocycles. The van der Waals surface area contributed by atoms with Crippen LogP contribution < -0.4 is 36.6 Å². The molecule has 0 aromatic heterocycles. The van der Waals surface area contributed by atoms with Gasteiger partial charge in [0.2, 0.25) is 35.4 Å². The number of carbonyl (C=O) groups is 8. The summed E-state index contributed by atoms with van der Waals surface area (Å²) in [6.07, 6.45) is 8.69. The number of allylic oxidation sites excluding steroid dienone is 2. The van der Waals surface area contributed by atoms with Gasteiger partial charge >= 0.3 is 0 Å². The molecule has 9 atom stereocenters. The van der Waals surface area contributed by atoms with Gasteiger partial charge in [-0.2, -0.15) is 0 Å². The molecule has 6 amide bonds. The number of phenols is 1. The molecule has 22 nitrogen and oxygen atoms in total. The van der Waals surface area contributed by atoms with Gasteiger partial charge in [-0.15, -0.1) is 0 Å². The van der Waals surface area contributed by atoms with Gasteiger partial charge in [0.05, 0.1) is 64.8 Å². The summed E-state index contributed by atoms with van der Waals surface area (Å²) in [6.45, 7) is 14.9. The third-order valence-corrected chi connectivity index (χ3v) is 16.4. The number of epoxide rings is 2. The van der Waals surface area contributed by atoms with E-state index in [1.165, 1.54) is 13.0 Å². The second kappa shape index (κ2) is 28.3. The van der Waals surface area contributed by atoms with Crippen LogP contribution in [0.25, 0.3) is 0 Å². The van der Waals surface area contributed by atoms with Crippen molar-refractivity contribution >= 4 is 47.0 Å². The van der Waals surface area contributed by atoms with Crippen LogP contribution in [0.15, 0.2) is 59.7 Å². The average molecular weight is 1150 g/mol. The van der Waals surface area contributed by atoms with E-state index in [1.54, 1.807) is 45.9 Å². The zero-order valence-corrected chi connectivity index (χ0v) is 48.9. The number of Topliss-reactive ketones (excluding diaryl/α,β-unsaturated/α-hetero) is 2. The Morgan fingerprint density at radius 2 is 1.08 bits per heavy atom. The minimum atomic E-state index is -1.24. The molecule has 4 saturated heterocycles. The number of ether oxygens (including phenoxy) is 5. The molecule has 6 aliphatic rings. The fraction of sp³-hybridized carbons (Fsp3) is 0.607. The van der Waals surface area contributed by atoms with Crippen LogP contribution in [-0.4, -0.2) is 194 Å². The molecule has 4 aliphatic heterocycles. The molecule has 4 fully saturated rings. The van der Waals surface area contributed by atoms with Crippen LogP contribution in [0.4, 0.5) is 0 Å². The normalized spacial score (nSPS) is 23.8. The van der Waals surface area contributed by atoms with Crippen molar-refractivity contribution in [1.82, 2.24) is 41.7 Å². The summed E-state index contributed by atoms with van der Waals surface area (Å²) in [5.41, 5.74) is 2.17. The lowest BCUT2D eigenvalue weighted by Crippen LogP contribution is -2.57. The maximum atomic E-state index is 14.6. The number of benzene rings is 2. The number of morpholine rings is 2. The summed E-state index contributed by atoms with van der Waals surface area (Å²) in [7, 11) is 0. The fourth-order valence-electron chi connectivity index (χ4n) is 10.8. The van der Waals surface area contributed by atoms with Gasteiger partial charge in [0.1, 0.15) is 53.0 Å². The van der Waals surface area contributed by atoms with Crippen molar-refractivity contribution in [2.24, 2.45) is 0 Å². The molecule has 0 spiro atoms. The van der Waals surface area contributed by atoms with Crippen LogP contribution in [0.2, 0.25) is 0 Å². The van der Waals surface area contributed by atoms with Crippen LogP contribution in [0, 0.1) is 13.8 Å². The molecule has 8 rings (SSSR count). The van der Waals surface area contributed by atoms with Gasteiger partial charge in [-0.3, -0.25) is 48.2 Å². The van der Waals surface area contributed by atoms with E-state index in [0.717, 1.165) is 42.4 Å². The number of aryl methyl sites for hydroxylation is 2. The lowest BCUT2D eigenvalue weighted by molar-refractivity contribution is -0.134. The number of aromatic hydroxyl groups is 1. The van der Waals surface area contributed by atoms with Crippen molar-refractivity contribution in [3.8, 4) is 11.5 Å². The van der Waals surface area contributed by atoms with Crippen molar-refractivity contribution in [2.45, 2.75) is 159 Å². The molecule has 2 aromatic rings. The van der Waals surface area contributed by atoms with Crippen LogP contribution in [0.5, 0.6) is 11.5 Å². The predicted molar refractivity (Wildman–Crippen MR) is 305 cm³/mol. The number of hydrogen-bond acceptors (Lipinski definition) is 16. The second-order valence-electron chi connectivity index (χ2n) is 23.5. The van der Waals surface area contributed by atoms with Crippen molar-refractivity contribution in [3.63, 3.8) is 0 Å². The van der Waals surface area contributed by atoms with Gasteiger partial charge in [-0.25, -0.2) is 0 Å². The van der Waals surface area contributed by atoms with E-state index in [-0.39, 0.29) is 74.7 Å². The van der Waals surface area contributed by atoms with Gasteiger partial charge in [0, 0.05) is 39.0 Å². The van der Waals surface area contributed by atoms with E-state index >= 15 is 0 Å². The lowest BCUT2D eigenvalue weighted by atomic mass is 9.89. The number of hydrogen-bond donors (Lipinski definition) is 7. The first-order chi connectivity index (χ1) is 39.6. The molecule has 0 bridgehead atoms. The predicted octanol–water partition coefficient (Wildman–Crippen LogP) is 1.87. The molecule has 83 heavy (non-hydrogen) atoms. The van der Waals surface area contributed by atoms with Gasteiger partial charge < -0.3 is 60.7 Å². The Kier molecular flexibility index (Phi) is 21.3. The maximum Gasteiger partial charge on any atom is 0.243 e. The summed E-state index contributed by atoms with van der Waals surface area (Å²) >= 11 is 0. The quantitative estimate of drug-likeness (QED) is 0.0473. The van der Waals surface area contributed by atoms with Gasteiger partial charge in [-0.1, -0.05) is 42.0 Å². The third-order valence-electron chi connectivity index (χ3n) is 16.4. The second-order valence-corrected chi connectivity index (χ2v) is 23.5. The highest BCUT2D eigenvalue weighted by Gasteiger charge is 2.52. The molecule has 9 unspecified atom stereocenters. The Hall–Kier alpha value is -6.56. The van der Waals surface area contributed by atoms with Crippen LogP contribution in [0.1, 0.15) is 101 Å². The largest absolute Gasteiger partial charge is 0.508 e. The highest BCUT2D eigenvalue weighted by molar-refractivity contribution is 6.00. The SMILES string of the molecule is Cc1ccc(CC(NC(=O)C(C)NC(=O)CN2CCOCC2)C(=O)NC(CC2=CCCC2Oc2cc(CC(NC(=O)C(C)NC(=O)CN3CCOCC3)C(=O)NC(CC3=CCCCC3)C(=O)C3(C)CO3)ccc2C)C(=O)C2(C)CO2)cc1O. The third kappa shape index (κ3) is 17.7. The van der Waals surface area contributed by atoms with Crippen molar-refractivity contribution in [1.29, 1.82) is 0 Å². The Labute approximate surface area is 485 Å². The summed E-state index contributed by atoms with van der Waals surface area (Å²) in [4.78, 5) is 115.